The molecule has 0 atom stereocenters. The minimum Gasteiger partial charge on any atom is -0.493 e. The van der Waals surface area contributed by atoms with E-state index in [0.29, 0.717) is 17.2 Å². The zero-order valence-corrected chi connectivity index (χ0v) is 14.8. The average Bonchev–Trinajstić information content (AvgIpc) is 2.66. The lowest BCUT2D eigenvalue weighted by atomic mass is 10.2. The van der Waals surface area contributed by atoms with Crippen molar-refractivity contribution < 1.29 is 38.7 Å². The third-order valence-corrected chi connectivity index (χ3v) is 3.26. The molecule has 0 heterocycles. The predicted molar refractivity (Wildman–Crippen MR) is 93.0 cm³/mol. The number of rotatable bonds is 6. The van der Waals surface area contributed by atoms with Gasteiger partial charge in [-0.2, -0.15) is 0 Å². The van der Waals surface area contributed by atoms with Gasteiger partial charge in [-0.15, -0.1) is 0 Å². The minimum atomic E-state index is -1.03. The summed E-state index contributed by atoms with van der Waals surface area (Å²) < 4.78 is 19.8. The lowest BCUT2D eigenvalue weighted by Gasteiger charge is -2.08. The maximum absolute atomic E-state index is 10.7. The maximum atomic E-state index is 10.7. The van der Waals surface area contributed by atoms with Gasteiger partial charge < -0.3 is 29.2 Å². The first kappa shape index (κ1) is 20.6. The first-order valence-electron chi connectivity index (χ1n) is 7.29. The van der Waals surface area contributed by atoms with E-state index in [-0.39, 0.29) is 16.9 Å². The molecule has 2 aromatic carbocycles. The van der Waals surface area contributed by atoms with E-state index in [9.17, 15) is 9.59 Å². The summed E-state index contributed by atoms with van der Waals surface area (Å²) in [5, 5.41) is 17.5. The lowest BCUT2D eigenvalue weighted by Crippen LogP contribution is -2.01. The van der Waals surface area contributed by atoms with E-state index in [1.165, 1.54) is 46.6 Å². The van der Waals surface area contributed by atoms with E-state index < -0.39 is 11.9 Å². The van der Waals surface area contributed by atoms with Gasteiger partial charge in [-0.25, -0.2) is 9.59 Å². The average molecular weight is 364 g/mol. The van der Waals surface area contributed by atoms with Crippen LogP contribution >= 0.6 is 0 Å². The summed E-state index contributed by atoms with van der Waals surface area (Å²) in [6.07, 6.45) is 0. The minimum absolute atomic E-state index is 0.0989. The largest absolute Gasteiger partial charge is 0.493 e. The van der Waals surface area contributed by atoms with E-state index >= 15 is 0 Å². The third-order valence-electron chi connectivity index (χ3n) is 3.26. The molecule has 0 radical (unpaired) electrons. The summed E-state index contributed by atoms with van der Waals surface area (Å²) in [7, 11) is 5.83. The van der Waals surface area contributed by atoms with Crippen LogP contribution in [0.5, 0.6) is 23.0 Å². The molecule has 0 fully saturated rings. The number of carboxylic acids is 2. The summed E-state index contributed by atoms with van der Waals surface area (Å²) in [4.78, 5) is 21.3. The molecule has 0 spiro atoms. The van der Waals surface area contributed by atoms with Gasteiger partial charge in [0.2, 0.25) is 0 Å². The Morgan fingerprint density at radius 2 is 1.35 bits per heavy atom. The molecule has 26 heavy (non-hydrogen) atoms. The van der Waals surface area contributed by atoms with Gasteiger partial charge in [0.15, 0.2) is 23.0 Å². The van der Waals surface area contributed by atoms with Gasteiger partial charge in [0.25, 0.3) is 0 Å². The Kier molecular flexibility index (Phi) is 7.75. The molecule has 2 N–H and O–H groups in total. The van der Waals surface area contributed by atoms with Crippen LogP contribution < -0.4 is 18.9 Å². The molecule has 0 aliphatic rings. The van der Waals surface area contributed by atoms with Crippen LogP contribution in [-0.4, -0.2) is 50.6 Å². The van der Waals surface area contributed by atoms with Crippen LogP contribution in [0.4, 0.5) is 0 Å². The second kappa shape index (κ2) is 9.77. The van der Waals surface area contributed by atoms with Crippen molar-refractivity contribution >= 4 is 11.9 Å². The van der Waals surface area contributed by atoms with Crippen molar-refractivity contribution in [3.63, 3.8) is 0 Å². The summed E-state index contributed by atoms with van der Waals surface area (Å²) in [6, 6.07) is 9.15. The number of aromatic carboxylic acids is 2. The van der Waals surface area contributed by atoms with Crippen molar-refractivity contribution in [3.05, 3.63) is 47.5 Å². The Labute approximate surface area is 150 Å². The first-order chi connectivity index (χ1) is 12.4. The number of hydrogen-bond acceptors (Lipinski definition) is 6. The van der Waals surface area contributed by atoms with Crippen molar-refractivity contribution in [2.45, 2.75) is 0 Å². The van der Waals surface area contributed by atoms with Crippen LogP contribution in [0.3, 0.4) is 0 Å². The normalized spacial score (nSPS) is 9.38. The first-order valence-corrected chi connectivity index (χ1v) is 7.29. The molecule has 0 unspecified atom stereocenters. The maximum Gasteiger partial charge on any atom is 0.339 e. The number of para-hydroxylation sites is 1. The van der Waals surface area contributed by atoms with Crippen LogP contribution in [0.1, 0.15) is 20.7 Å². The molecule has 8 heteroatoms. The number of benzene rings is 2. The smallest absolute Gasteiger partial charge is 0.339 e. The third kappa shape index (κ3) is 5.04. The second-order valence-electron chi connectivity index (χ2n) is 4.72. The Morgan fingerprint density at radius 1 is 0.731 bits per heavy atom. The molecule has 0 aliphatic carbocycles. The molecule has 0 saturated carbocycles. The van der Waals surface area contributed by atoms with Gasteiger partial charge in [-0.1, -0.05) is 6.07 Å². The van der Waals surface area contributed by atoms with Gasteiger partial charge in [-0.05, 0) is 30.3 Å². The zero-order valence-electron chi connectivity index (χ0n) is 14.8. The van der Waals surface area contributed by atoms with Crippen LogP contribution in [0.2, 0.25) is 0 Å². The zero-order chi connectivity index (χ0) is 19.7. The van der Waals surface area contributed by atoms with E-state index in [1.54, 1.807) is 18.2 Å². The number of methoxy groups -OCH3 is 4. The molecular formula is C18H20O8. The molecule has 140 valence electrons. The van der Waals surface area contributed by atoms with E-state index in [0.717, 1.165) is 0 Å². The van der Waals surface area contributed by atoms with E-state index in [2.05, 4.69) is 0 Å². The van der Waals surface area contributed by atoms with E-state index in [1.807, 2.05) is 0 Å². The summed E-state index contributed by atoms with van der Waals surface area (Å²) >= 11 is 0. The Bertz CT molecular complexity index is 768. The van der Waals surface area contributed by atoms with Gasteiger partial charge >= 0.3 is 11.9 Å². The highest BCUT2D eigenvalue weighted by molar-refractivity contribution is 5.92. The predicted octanol–water partition coefficient (Wildman–Crippen LogP) is 2.80. The van der Waals surface area contributed by atoms with Crippen LogP contribution in [-0.2, 0) is 0 Å². The highest BCUT2D eigenvalue weighted by Gasteiger charge is 2.14. The number of carboxylic acid groups (broad SMARTS) is 2. The summed E-state index contributed by atoms with van der Waals surface area (Å²) in [6.45, 7) is 0. The second-order valence-corrected chi connectivity index (χ2v) is 4.72. The fourth-order valence-corrected chi connectivity index (χ4v) is 2.02. The van der Waals surface area contributed by atoms with Crippen LogP contribution in [0, 0.1) is 0 Å². The molecule has 0 aromatic heterocycles. The highest BCUT2D eigenvalue weighted by Crippen LogP contribution is 2.30. The molecular weight excluding hydrogens is 344 g/mol. The fourth-order valence-electron chi connectivity index (χ4n) is 2.02. The van der Waals surface area contributed by atoms with Crippen molar-refractivity contribution in [2.75, 3.05) is 28.4 Å². The summed E-state index contributed by atoms with van der Waals surface area (Å²) in [5.41, 5.74) is 0.277. The Morgan fingerprint density at radius 3 is 1.81 bits per heavy atom. The van der Waals surface area contributed by atoms with Crippen molar-refractivity contribution in [3.8, 4) is 23.0 Å². The van der Waals surface area contributed by atoms with Crippen molar-refractivity contribution in [1.82, 2.24) is 0 Å². The lowest BCUT2D eigenvalue weighted by molar-refractivity contribution is 0.0683. The molecule has 0 amide bonds. The Hall–Kier alpha value is -3.42. The van der Waals surface area contributed by atoms with Crippen LogP contribution in [0.25, 0.3) is 0 Å². The molecule has 0 bridgehead atoms. The van der Waals surface area contributed by atoms with Gasteiger partial charge in [0.05, 0.1) is 34.0 Å². The quantitative estimate of drug-likeness (QED) is 0.805. The SMILES string of the molecule is COc1ccc(C(=O)O)cc1OC.COc1cccc(C(=O)O)c1OC. The molecule has 2 aromatic rings. The van der Waals surface area contributed by atoms with Gasteiger partial charge in [-0.3, -0.25) is 0 Å². The fraction of sp³-hybridized carbons (Fsp3) is 0.222. The standard InChI is InChI=1S/2C9H10O4/c1-12-7-4-3-6(9(10)11)5-8(7)13-2;1-12-7-5-3-4-6(9(10)11)8(7)13-2/h2*3-5H,1-2H3,(H,10,11). The van der Waals surface area contributed by atoms with Crippen molar-refractivity contribution in [2.24, 2.45) is 0 Å². The van der Waals surface area contributed by atoms with Gasteiger partial charge in [0, 0.05) is 0 Å². The highest BCUT2D eigenvalue weighted by atomic mass is 16.5. The Balaban J connectivity index is 0.000000260. The monoisotopic (exact) mass is 364 g/mol. The number of ether oxygens (including phenoxy) is 4. The van der Waals surface area contributed by atoms with E-state index in [4.69, 9.17) is 29.2 Å². The van der Waals surface area contributed by atoms with Crippen molar-refractivity contribution in [1.29, 1.82) is 0 Å². The topological polar surface area (TPSA) is 112 Å². The molecule has 8 nitrogen and oxygen atoms in total. The molecule has 2 rings (SSSR count). The number of carbonyl (C=O) groups is 2. The van der Waals surface area contributed by atoms with Crippen LogP contribution in [0.15, 0.2) is 36.4 Å². The number of hydrogen-bond donors (Lipinski definition) is 2. The van der Waals surface area contributed by atoms with Gasteiger partial charge in [0.1, 0.15) is 5.56 Å². The molecule has 0 aliphatic heterocycles. The summed E-state index contributed by atoms with van der Waals surface area (Å²) in [5.74, 6) is -0.411. The molecule has 0 saturated heterocycles.